The minimum atomic E-state index is -0.517. The Morgan fingerprint density at radius 3 is 1.36 bits per heavy atom. The molecule has 2 amide bonds. The Morgan fingerprint density at radius 1 is 0.681 bits per heavy atom. The Hall–Kier alpha value is -4.80. The van der Waals surface area contributed by atoms with Crippen molar-refractivity contribution in [1.29, 1.82) is 10.5 Å². The summed E-state index contributed by atoms with van der Waals surface area (Å²) in [6.45, 7) is 7.19. The number of benzene rings is 2. The van der Waals surface area contributed by atoms with Gasteiger partial charge in [-0.25, -0.2) is 9.59 Å². The van der Waals surface area contributed by atoms with Crippen molar-refractivity contribution >= 4 is 80.0 Å². The molecule has 0 aliphatic heterocycles. The van der Waals surface area contributed by atoms with E-state index >= 15 is 0 Å². The van der Waals surface area contributed by atoms with E-state index in [0.717, 1.165) is 46.2 Å². The summed E-state index contributed by atoms with van der Waals surface area (Å²) in [5.74, 6) is -1.03. The maximum Gasteiger partial charge on any atom is 0.348 e. The van der Waals surface area contributed by atoms with Gasteiger partial charge in [0.05, 0.1) is 23.0 Å². The Bertz CT molecular complexity index is 1770. The van der Waals surface area contributed by atoms with Gasteiger partial charge in [0.25, 0.3) is 11.8 Å². The van der Waals surface area contributed by atoms with E-state index in [-0.39, 0.29) is 13.2 Å². The first-order chi connectivity index (χ1) is 22.6. The maximum absolute atomic E-state index is 13.0. The molecule has 11 nitrogen and oxygen atoms in total. The summed E-state index contributed by atoms with van der Waals surface area (Å²) in [6.07, 6.45) is 0. The number of thiophene rings is 2. The number of thiocyanates is 2. The molecular weight excluding hydrogens is 681 g/mol. The van der Waals surface area contributed by atoms with Crippen LogP contribution in [0.1, 0.15) is 65.0 Å². The quantitative estimate of drug-likeness (QED) is 0.0827. The van der Waals surface area contributed by atoms with E-state index in [1.165, 1.54) is 0 Å². The van der Waals surface area contributed by atoms with Crippen molar-refractivity contribution < 1.29 is 33.4 Å². The summed E-state index contributed by atoms with van der Waals surface area (Å²) in [4.78, 5) is 52.2. The third kappa shape index (κ3) is 8.33. The van der Waals surface area contributed by atoms with Gasteiger partial charge in [-0.15, -0.1) is 22.7 Å². The van der Waals surface area contributed by atoms with Crippen LogP contribution in [0.5, 0.6) is 11.5 Å². The Labute approximate surface area is 286 Å². The SMILES string of the molecule is CCOC(=O)c1sc(NC(=O)c2ccc(Oc3ccc(C(=O)Nc4sc(C(=O)OCC)c(C)c4SC#N)cc3)cc2)c(SC#N)c1C. The van der Waals surface area contributed by atoms with Gasteiger partial charge in [-0.05, 0) is 111 Å². The van der Waals surface area contributed by atoms with E-state index in [2.05, 4.69) is 10.6 Å². The lowest BCUT2D eigenvalue weighted by Gasteiger charge is -2.09. The zero-order chi connectivity index (χ0) is 34.1. The van der Waals surface area contributed by atoms with E-state index in [1.54, 1.807) is 76.2 Å². The summed E-state index contributed by atoms with van der Waals surface area (Å²) in [5.41, 5.74) is 1.78. The minimum absolute atomic E-state index is 0.201. The molecule has 4 rings (SSSR count). The van der Waals surface area contributed by atoms with Gasteiger partial charge in [0.2, 0.25) is 0 Å². The number of carbonyl (C=O) groups is 4. The van der Waals surface area contributed by atoms with E-state index in [1.807, 2.05) is 10.8 Å². The third-order valence-corrected chi connectivity index (χ3v) is 10.6. The van der Waals surface area contributed by atoms with Crippen LogP contribution in [-0.2, 0) is 9.47 Å². The highest BCUT2D eigenvalue weighted by molar-refractivity contribution is 8.04. The van der Waals surface area contributed by atoms with Gasteiger partial charge < -0.3 is 24.8 Å². The van der Waals surface area contributed by atoms with Crippen LogP contribution < -0.4 is 15.4 Å². The van der Waals surface area contributed by atoms with E-state index in [4.69, 9.17) is 14.2 Å². The van der Waals surface area contributed by atoms with Crippen LogP contribution in [-0.4, -0.2) is 37.0 Å². The largest absolute Gasteiger partial charge is 0.462 e. The molecule has 15 heteroatoms. The lowest BCUT2D eigenvalue weighted by Crippen LogP contribution is -2.11. The highest BCUT2D eigenvalue weighted by atomic mass is 32.2. The van der Waals surface area contributed by atoms with Crippen molar-refractivity contribution in [1.82, 2.24) is 0 Å². The van der Waals surface area contributed by atoms with Crippen LogP contribution in [0.3, 0.4) is 0 Å². The number of anilines is 2. The van der Waals surface area contributed by atoms with Crippen LogP contribution in [0.4, 0.5) is 10.0 Å². The summed E-state index contributed by atoms with van der Waals surface area (Å²) >= 11 is 3.81. The Morgan fingerprint density at radius 2 is 1.04 bits per heavy atom. The van der Waals surface area contributed by atoms with Gasteiger partial charge in [-0.3, -0.25) is 9.59 Å². The lowest BCUT2D eigenvalue weighted by atomic mass is 10.2. The molecule has 2 aromatic heterocycles. The van der Waals surface area contributed by atoms with Crippen molar-refractivity contribution in [3.8, 4) is 22.3 Å². The van der Waals surface area contributed by atoms with E-state index in [0.29, 0.717) is 63.3 Å². The minimum Gasteiger partial charge on any atom is -0.462 e. The number of thioether (sulfide) groups is 2. The molecule has 0 fully saturated rings. The fraction of sp³-hybridized carbons (Fsp3) is 0.188. The number of ether oxygens (including phenoxy) is 3. The molecular formula is C32H26N4O7S4. The molecule has 2 N–H and O–H groups in total. The van der Waals surface area contributed by atoms with Gasteiger partial charge in [-0.1, -0.05) is 0 Å². The van der Waals surface area contributed by atoms with E-state index in [9.17, 15) is 29.7 Å². The average Bonchev–Trinajstić information content (AvgIpc) is 3.53. The number of carbonyl (C=O) groups excluding carboxylic acids is 4. The average molecular weight is 707 g/mol. The van der Waals surface area contributed by atoms with Crippen molar-refractivity contribution in [2.75, 3.05) is 23.8 Å². The van der Waals surface area contributed by atoms with Crippen LogP contribution in [0.25, 0.3) is 0 Å². The molecule has 0 aliphatic rings. The number of hydrogen-bond donors (Lipinski definition) is 2. The second-order valence-corrected chi connectivity index (χ2v) is 12.9. The molecule has 0 spiro atoms. The standard InChI is InChI=1S/C32H26N4O7S4/c1-5-41-31(39)25-17(3)23(44-15-33)29(46-25)35-27(37)19-7-11-21(12-8-19)43-22-13-9-20(10-14-22)28(38)36-30-24(45-16-34)18(4)26(47-30)32(40)42-6-2/h7-14H,5-6H2,1-4H3,(H,35,37)(H,36,38). The smallest absolute Gasteiger partial charge is 0.348 e. The van der Waals surface area contributed by atoms with Crippen LogP contribution in [0.15, 0.2) is 58.3 Å². The number of nitrogens with zero attached hydrogens (tertiary/aromatic N) is 2. The molecule has 0 radical (unpaired) electrons. The molecule has 4 aromatic rings. The Balaban J connectivity index is 1.42. The maximum atomic E-state index is 13.0. The molecule has 240 valence electrons. The zero-order valence-electron chi connectivity index (χ0n) is 25.4. The van der Waals surface area contributed by atoms with Gasteiger partial charge >= 0.3 is 11.9 Å². The van der Waals surface area contributed by atoms with Crippen molar-refractivity contribution in [3.05, 3.63) is 80.5 Å². The van der Waals surface area contributed by atoms with Crippen LogP contribution >= 0.6 is 46.2 Å². The van der Waals surface area contributed by atoms with Crippen molar-refractivity contribution in [3.63, 3.8) is 0 Å². The highest BCUT2D eigenvalue weighted by Crippen LogP contribution is 2.41. The van der Waals surface area contributed by atoms with Crippen LogP contribution in [0.2, 0.25) is 0 Å². The molecule has 2 aromatic carbocycles. The fourth-order valence-electron chi connectivity index (χ4n) is 4.12. The van der Waals surface area contributed by atoms with Crippen molar-refractivity contribution in [2.24, 2.45) is 0 Å². The predicted molar refractivity (Wildman–Crippen MR) is 182 cm³/mol. The van der Waals surface area contributed by atoms with Crippen LogP contribution in [0, 0.1) is 35.2 Å². The first kappa shape index (κ1) is 35.1. The van der Waals surface area contributed by atoms with Crippen molar-refractivity contribution in [2.45, 2.75) is 37.5 Å². The summed E-state index contributed by atoms with van der Waals surface area (Å²) in [5, 5.41) is 28.7. The van der Waals surface area contributed by atoms with E-state index < -0.39 is 23.8 Å². The molecule has 0 aliphatic carbocycles. The normalized spacial score (nSPS) is 10.3. The molecule has 0 bridgehead atoms. The number of rotatable bonds is 12. The molecule has 0 saturated carbocycles. The summed E-state index contributed by atoms with van der Waals surface area (Å²) < 4.78 is 16.1. The molecule has 2 heterocycles. The van der Waals surface area contributed by atoms with Gasteiger partial charge in [-0.2, -0.15) is 10.5 Å². The number of amides is 2. The third-order valence-electron chi connectivity index (χ3n) is 6.32. The van der Waals surface area contributed by atoms with Gasteiger partial charge in [0.1, 0.15) is 42.1 Å². The topological polar surface area (TPSA) is 168 Å². The van der Waals surface area contributed by atoms with Gasteiger partial charge in [0.15, 0.2) is 0 Å². The second kappa shape index (κ2) is 16.2. The predicted octanol–water partition coefficient (Wildman–Crippen LogP) is 8.22. The number of hydrogen-bond acceptors (Lipinski definition) is 13. The molecule has 0 saturated heterocycles. The molecule has 0 atom stereocenters. The zero-order valence-corrected chi connectivity index (χ0v) is 28.7. The molecule has 0 unspecified atom stereocenters. The Kier molecular flexibility index (Phi) is 12.1. The number of nitrogens with one attached hydrogen (secondary N) is 2. The molecule has 47 heavy (non-hydrogen) atoms. The number of nitriles is 2. The number of esters is 2. The first-order valence-corrected chi connectivity index (χ1v) is 17.1. The van der Waals surface area contributed by atoms with Gasteiger partial charge in [0, 0.05) is 11.1 Å². The lowest BCUT2D eigenvalue weighted by molar-refractivity contribution is 0.0521. The first-order valence-electron chi connectivity index (χ1n) is 13.8. The fourth-order valence-corrected chi connectivity index (χ4v) is 7.71. The monoisotopic (exact) mass is 706 g/mol. The summed E-state index contributed by atoms with van der Waals surface area (Å²) in [6, 6.07) is 12.7. The highest BCUT2D eigenvalue weighted by Gasteiger charge is 2.24. The summed E-state index contributed by atoms with van der Waals surface area (Å²) in [7, 11) is 0. The second-order valence-electron chi connectivity index (χ2n) is 9.32.